The molecular weight excluding hydrogens is 640 g/mol. The molecule has 2 aromatic carbocycles. The topological polar surface area (TPSA) is 188 Å². The largest absolute Gasteiger partial charge is 0.456 e. The number of pyridine rings is 1. The summed E-state index contributed by atoms with van der Waals surface area (Å²) in [4.78, 5) is 62.4. The van der Waals surface area contributed by atoms with Gasteiger partial charge in [0.2, 0.25) is 5.95 Å². The van der Waals surface area contributed by atoms with Crippen LogP contribution in [-0.2, 0) is 9.47 Å². The van der Waals surface area contributed by atoms with E-state index in [1.165, 1.54) is 12.3 Å². The van der Waals surface area contributed by atoms with Crippen molar-refractivity contribution < 1.29 is 33.8 Å². The molecule has 2 amide bonds. The van der Waals surface area contributed by atoms with Crippen molar-refractivity contribution in [2.75, 3.05) is 17.7 Å². The molecule has 0 saturated heterocycles. The first-order valence-electron chi connectivity index (χ1n) is 16.3. The number of aromatic nitrogens is 3. The van der Waals surface area contributed by atoms with E-state index in [0.29, 0.717) is 34.3 Å². The van der Waals surface area contributed by atoms with Gasteiger partial charge in [-0.15, -0.1) is 0 Å². The molecule has 0 aliphatic carbocycles. The highest BCUT2D eigenvalue weighted by atomic mass is 16.6. The number of nitrogens with one attached hydrogen (secondary N) is 2. The highest BCUT2D eigenvalue weighted by molar-refractivity contribution is 6.10. The molecule has 50 heavy (non-hydrogen) atoms. The average molecular weight is 687 g/mol. The Morgan fingerprint density at radius 3 is 2.18 bits per heavy atom. The Kier molecular flexibility index (Phi) is 10.7. The van der Waals surface area contributed by atoms with Crippen LogP contribution >= 0.6 is 0 Å². The number of carbonyl (C=O) groups excluding carboxylic acids is 4. The Balaban J connectivity index is 1.74. The maximum absolute atomic E-state index is 13.8. The van der Waals surface area contributed by atoms with E-state index in [1.807, 2.05) is 20.8 Å². The monoisotopic (exact) mass is 686 g/mol. The number of nitrogens with zero attached hydrogens (tertiary/aromatic N) is 3. The number of hydrogen-bond donors (Lipinski definition) is 4. The van der Waals surface area contributed by atoms with E-state index in [9.17, 15) is 24.3 Å². The number of amides is 2. The second-order valence-electron chi connectivity index (χ2n) is 15.0. The molecule has 13 nitrogen and oxygen atoms in total. The predicted molar refractivity (Wildman–Crippen MR) is 191 cm³/mol. The Hall–Kier alpha value is -5.30. The van der Waals surface area contributed by atoms with Gasteiger partial charge in [0.1, 0.15) is 16.9 Å². The minimum Gasteiger partial charge on any atom is -0.456 e. The average Bonchev–Trinajstić information content (AvgIpc) is 3.33. The summed E-state index contributed by atoms with van der Waals surface area (Å²) in [6, 6.07) is 12.3. The van der Waals surface area contributed by atoms with Crippen LogP contribution in [0.1, 0.15) is 99.9 Å². The summed E-state index contributed by atoms with van der Waals surface area (Å²) in [5.74, 6) is -1.80. The molecule has 0 aliphatic rings. The van der Waals surface area contributed by atoms with Crippen molar-refractivity contribution in [3.8, 4) is 11.1 Å². The third-order valence-electron chi connectivity index (χ3n) is 7.50. The van der Waals surface area contributed by atoms with E-state index in [-0.39, 0.29) is 40.8 Å². The molecule has 266 valence electrons. The molecule has 0 unspecified atom stereocenters. The first kappa shape index (κ1) is 37.5. The van der Waals surface area contributed by atoms with Crippen LogP contribution in [-0.4, -0.2) is 67.4 Å². The molecule has 0 aliphatic heterocycles. The second-order valence-corrected chi connectivity index (χ2v) is 15.0. The number of benzene rings is 2. The zero-order valence-electron chi connectivity index (χ0n) is 30.0. The number of hydrogen-bond acceptors (Lipinski definition) is 10. The lowest BCUT2D eigenvalue weighted by atomic mass is 9.84. The van der Waals surface area contributed by atoms with Crippen LogP contribution in [0.5, 0.6) is 0 Å². The highest BCUT2D eigenvalue weighted by Gasteiger charge is 2.29. The summed E-state index contributed by atoms with van der Waals surface area (Å²) in [7, 11) is 0. The van der Waals surface area contributed by atoms with E-state index in [0.717, 1.165) is 4.57 Å². The lowest BCUT2D eigenvalue weighted by Gasteiger charge is -2.31. The molecule has 5 N–H and O–H groups in total. The van der Waals surface area contributed by atoms with Crippen LogP contribution in [0.3, 0.4) is 0 Å². The second kappa shape index (κ2) is 14.3. The number of ether oxygens (including phenoxy) is 2. The van der Waals surface area contributed by atoms with Gasteiger partial charge < -0.3 is 30.9 Å². The fourth-order valence-corrected chi connectivity index (χ4v) is 5.18. The normalized spacial score (nSPS) is 12.7. The molecule has 13 heteroatoms. The van der Waals surface area contributed by atoms with Gasteiger partial charge in [-0.3, -0.25) is 14.6 Å². The number of aliphatic hydroxyl groups excluding tert-OH is 1. The number of esters is 1. The molecule has 4 rings (SSSR count). The summed E-state index contributed by atoms with van der Waals surface area (Å²) in [5, 5.41) is 15.4. The van der Waals surface area contributed by atoms with Crippen LogP contribution in [0, 0.1) is 5.41 Å². The Morgan fingerprint density at radius 1 is 0.880 bits per heavy atom. The van der Waals surface area contributed by atoms with Crippen LogP contribution < -0.4 is 16.4 Å². The first-order chi connectivity index (χ1) is 23.2. The molecule has 0 spiro atoms. The Labute approximate surface area is 291 Å². The molecule has 0 radical (unpaired) electrons. The number of nitrogens with two attached hydrogens (primary N) is 1. The van der Waals surface area contributed by atoms with Gasteiger partial charge in [-0.05, 0) is 95.3 Å². The van der Waals surface area contributed by atoms with Crippen LogP contribution in [0.2, 0.25) is 0 Å². The SMILES string of the molecule is CC(C)(C)OC(=O)c1cc(C(=O)N[C@H](CCO)C(C)(C)C)ccc1-c1cccnc1C(=O)Nc1ccc2nc(N)n(C(=O)OC(C)(C)C)c2c1. The van der Waals surface area contributed by atoms with E-state index >= 15 is 0 Å². The zero-order valence-corrected chi connectivity index (χ0v) is 30.0. The van der Waals surface area contributed by atoms with Crippen molar-refractivity contribution in [2.24, 2.45) is 5.41 Å². The third-order valence-corrected chi connectivity index (χ3v) is 7.50. The zero-order chi connectivity index (χ0) is 37.2. The van der Waals surface area contributed by atoms with Crippen molar-refractivity contribution in [2.45, 2.75) is 86.0 Å². The first-order valence-corrected chi connectivity index (χ1v) is 16.3. The molecule has 0 saturated carbocycles. The van der Waals surface area contributed by atoms with Crippen molar-refractivity contribution in [3.05, 3.63) is 71.5 Å². The van der Waals surface area contributed by atoms with Crippen molar-refractivity contribution in [1.29, 1.82) is 0 Å². The lowest BCUT2D eigenvalue weighted by molar-refractivity contribution is 0.00699. The Bertz CT molecular complexity index is 1930. The summed E-state index contributed by atoms with van der Waals surface area (Å²) in [6.45, 7) is 16.1. The molecular formula is C37H46N6O7. The number of fused-ring (bicyclic) bond motifs is 1. The van der Waals surface area contributed by atoms with Crippen LogP contribution in [0.15, 0.2) is 54.7 Å². The highest BCUT2D eigenvalue weighted by Crippen LogP contribution is 2.31. The summed E-state index contributed by atoms with van der Waals surface area (Å²) < 4.78 is 12.3. The van der Waals surface area contributed by atoms with Gasteiger partial charge in [-0.25, -0.2) is 19.1 Å². The fourth-order valence-electron chi connectivity index (χ4n) is 5.18. The maximum atomic E-state index is 13.8. The summed E-state index contributed by atoms with van der Waals surface area (Å²) >= 11 is 0. The van der Waals surface area contributed by atoms with Gasteiger partial charge in [0.05, 0.1) is 16.6 Å². The van der Waals surface area contributed by atoms with Gasteiger partial charge >= 0.3 is 12.1 Å². The summed E-state index contributed by atoms with van der Waals surface area (Å²) in [6.07, 6.45) is 1.08. The van der Waals surface area contributed by atoms with E-state index in [1.54, 1.807) is 84.0 Å². The van der Waals surface area contributed by atoms with Gasteiger partial charge in [-0.2, -0.15) is 0 Å². The molecule has 0 fully saturated rings. The quantitative estimate of drug-likeness (QED) is 0.155. The van der Waals surface area contributed by atoms with Crippen molar-refractivity contribution >= 4 is 46.5 Å². The van der Waals surface area contributed by atoms with Gasteiger partial charge in [0.25, 0.3) is 11.8 Å². The van der Waals surface area contributed by atoms with Crippen LogP contribution in [0.25, 0.3) is 22.2 Å². The fraction of sp³-hybridized carbons (Fsp3) is 0.405. The molecule has 2 aromatic heterocycles. The molecule has 1 atom stereocenters. The van der Waals surface area contributed by atoms with Crippen molar-refractivity contribution in [3.63, 3.8) is 0 Å². The molecule has 2 heterocycles. The van der Waals surface area contributed by atoms with Crippen LogP contribution in [0.4, 0.5) is 16.4 Å². The number of anilines is 2. The molecule has 0 bridgehead atoms. The van der Waals surface area contributed by atoms with Gasteiger partial charge in [0.15, 0.2) is 0 Å². The standard InChI is InChI=1S/C37H46N6O7/c1-35(2,3)28(16-18-44)42-30(45)21-12-14-23(25(19-21)32(47)49-36(4,5)6)24-11-10-17-39-29(24)31(46)40-22-13-15-26-27(20-22)43(33(38)41-26)34(48)50-37(7,8)9/h10-15,17,19-20,28,44H,16,18H2,1-9H3,(H2,38,41)(H,40,46)(H,42,45)/t28-/m1/s1. The van der Waals surface area contributed by atoms with Crippen molar-refractivity contribution in [1.82, 2.24) is 19.9 Å². The number of carbonyl (C=O) groups is 4. The number of rotatable bonds is 8. The number of aliphatic hydroxyl groups is 1. The molecule has 4 aromatic rings. The smallest absolute Gasteiger partial charge is 0.421 e. The minimum absolute atomic E-state index is 0.00878. The predicted octanol–water partition coefficient (Wildman–Crippen LogP) is 6.20. The lowest BCUT2D eigenvalue weighted by Crippen LogP contribution is -2.44. The van der Waals surface area contributed by atoms with Gasteiger partial charge in [-0.1, -0.05) is 32.9 Å². The third kappa shape index (κ3) is 9.03. The number of imidazole rings is 1. The minimum atomic E-state index is -0.853. The maximum Gasteiger partial charge on any atom is 0.421 e. The van der Waals surface area contributed by atoms with Gasteiger partial charge in [0, 0.05) is 35.7 Å². The van der Waals surface area contributed by atoms with E-state index in [4.69, 9.17) is 15.2 Å². The van der Waals surface area contributed by atoms with E-state index in [2.05, 4.69) is 20.6 Å². The summed E-state index contributed by atoms with van der Waals surface area (Å²) in [5.41, 5.74) is 6.02. The number of nitrogen functional groups attached to an aromatic ring is 1. The van der Waals surface area contributed by atoms with E-state index < -0.39 is 35.1 Å². The Morgan fingerprint density at radius 2 is 1.56 bits per heavy atom.